The molecule has 26 heavy (non-hydrogen) atoms. The van der Waals surface area contributed by atoms with Crippen molar-refractivity contribution in [3.8, 4) is 0 Å². The molecule has 1 aliphatic rings. The smallest absolute Gasteiger partial charge is 0.411 e. The first kappa shape index (κ1) is 20.4. The first-order valence-electron chi connectivity index (χ1n) is 8.95. The van der Waals surface area contributed by atoms with E-state index in [-0.39, 0.29) is 6.09 Å². The van der Waals surface area contributed by atoms with Gasteiger partial charge in [0.05, 0.1) is 6.61 Å². The molecule has 1 aromatic rings. The van der Waals surface area contributed by atoms with Crippen molar-refractivity contribution < 1.29 is 19.1 Å². The predicted octanol–water partition coefficient (Wildman–Crippen LogP) is 4.75. The summed E-state index contributed by atoms with van der Waals surface area (Å²) in [5, 5.41) is 3.15. The average Bonchev–Trinajstić information content (AvgIpc) is 2.56. The van der Waals surface area contributed by atoms with Crippen molar-refractivity contribution in [1.82, 2.24) is 4.90 Å². The predicted molar refractivity (Wildman–Crippen MR) is 104 cm³/mol. The molecule has 0 aromatic heterocycles. The molecule has 144 valence electrons. The lowest BCUT2D eigenvalue weighted by atomic mass is 10.1. The van der Waals surface area contributed by atoms with Gasteiger partial charge in [-0.3, -0.25) is 5.32 Å². The van der Waals surface area contributed by atoms with Gasteiger partial charge in [0.25, 0.3) is 0 Å². The molecule has 1 heterocycles. The van der Waals surface area contributed by atoms with Gasteiger partial charge in [-0.25, -0.2) is 9.59 Å². The van der Waals surface area contributed by atoms with E-state index in [9.17, 15) is 9.59 Å². The Labute approximate surface area is 159 Å². The van der Waals surface area contributed by atoms with Crippen molar-refractivity contribution in [2.45, 2.75) is 56.3 Å². The zero-order valence-corrected chi connectivity index (χ0v) is 16.7. The number of nitrogens with zero attached hydrogens (tertiary/aromatic N) is 1. The molecule has 1 aliphatic heterocycles. The Kier molecular flexibility index (Phi) is 7.20. The zero-order valence-electron chi connectivity index (χ0n) is 15.9. The van der Waals surface area contributed by atoms with Crippen LogP contribution in [0.3, 0.4) is 0 Å². The van der Waals surface area contributed by atoms with Gasteiger partial charge in [0.1, 0.15) is 5.60 Å². The molecule has 0 aliphatic carbocycles. The Balaban J connectivity index is 1.78. The van der Waals surface area contributed by atoms with E-state index in [1.165, 1.54) is 0 Å². The zero-order chi connectivity index (χ0) is 19.2. The second kappa shape index (κ2) is 9.16. The number of hydrogen-bond donors (Lipinski definition) is 1. The first-order valence-corrected chi connectivity index (χ1v) is 9.83. The lowest BCUT2D eigenvalue weighted by molar-refractivity contribution is 0.0219. The van der Waals surface area contributed by atoms with Crippen LogP contribution in [0.4, 0.5) is 15.3 Å². The van der Waals surface area contributed by atoms with Crippen molar-refractivity contribution in [2.75, 3.05) is 25.0 Å². The number of anilines is 1. The molecule has 2 rings (SSSR count). The fraction of sp³-hybridized carbons (Fsp3) is 0.579. The van der Waals surface area contributed by atoms with Crippen LogP contribution in [-0.4, -0.2) is 47.6 Å². The Bertz CT molecular complexity index is 605. The minimum Gasteiger partial charge on any atom is -0.450 e. The molecular weight excluding hydrogens is 352 g/mol. The van der Waals surface area contributed by atoms with Crippen LogP contribution in [0.25, 0.3) is 0 Å². The molecule has 1 saturated heterocycles. The monoisotopic (exact) mass is 380 g/mol. The quantitative estimate of drug-likeness (QED) is 0.817. The Hall–Kier alpha value is -1.89. The average molecular weight is 381 g/mol. The summed E-state index contributed by atoms with van der Waals surface area (Å²) < 4.78 is 10.3. The fourth-order valence-corrected chi connectivity index (χ4v) is 3.70. The number of benzene rings is 1. The van der Waals surface area contributed by atoms with E-state index in [0.717, 1.165) is 30.8 Å². The second-order valence-electron chi connectivity index (χ2n) is 7.15. The van der Waals surface area contributed by atoms with Gasteiger partial charge in [-0.1, -0.05) is 0 Å². The highest BCUT2D eigenvalue weighted by Gasteiger charge is 2.27. The van der Waals surface area contributed by atoms with Crippen LogP contribution in [0.1, 0.15) is 40.5 Å². The summed E-state index contributed by atoms with van der Waals surface area (Å²) in [7, 11) is 0. The van der Waals surface area contributed by atoms with Gasteiger partial charge in [-0.15, -0.1) is 11.8 Å². The van der Waals surface area contributed by atoms with E-state index in [0.29, 0.717) is 17.5 Å². The van der Waals surface area contributed by atoms with E-state index in [4.69, 9.17) is 9.47 Å². The molecule has 0 atom stereocenters. The van der Waals surface area contributed by atoms with E-state index in [1.54, 1.807) is 23.6 Å². The number of hydrogen-bond acceptors (Lipinski definition) is 5. The molecule has 0 saturated carbocycles. The maximum absolute atomic E-state index is 12.1. The van der Waals surface area contributed by atoms with Crippen molar-refractivity contribution in [3.63, 3.8) is 0 Å². The van der Waals surface area contributed by atoms with Crippen LogP contribution < -0.4 is 5.32 Å². The molecule has 0 unspecified atom stereocenters. The summed E-state index contributed by atoms with van der Waals surface area (Å²) in [5.74, 6) is 0. The molecule has 7 heteroatoms. The van der Waals surface area contributed by atoms with E-state index in [1.807, 2.05) is 45.0 Å². The standard InChI is InChI=1S/C19H28N2O4S/c1-5-24-17(22)20-14-6-8-15(9-7-14)26-16-10-12-21(13-11-16)18(23)25-19(2,3)4/h6-9,16H,5,10-13H2,1-4H3,(H,20,22). The van der Waals surface area contributed by atoms with E-state index >= 15 is 0 Å². The summed E-state index contributed by atoms with van der Waals surface area (Å²) in [4.78, 5) is 26.4. The Morgan fingerprint density at radius 2 is 1.81 bits per heavy atom. The summed E-state index contributed by atoms with van der Waals surface area (Å²) in [6, 6.07) is 7.73. The number of thioether (sulfide) groups is 1. The number of piperidine rings is 1. The molecule has 2 amide bonds. The Morgan fingerprint density at radius 1 is 1.19 bits per heavy atom. The number of likely N-dealkylation sites (tertiary alicyclic amines) is 1. The molecule has 0 bridgehead atoms. The number of nitrogens with one attached hydrogen (secondary N) is 1. The lowest BCUT2D eigenvalue weighted by Crippen LogP contribution is -2.42. The summed E-state index contributed by atoms with van der Waals surface area (Å²) in [5.41, 5.74) is 0.259. The van der Waals surface area contributed by atoms with Crippen LogP contribution in [-0.2, 0) is 9.47 Å². The molecule has 1 aromatic carbocycles. The lowest BCUT2D eigenvalue weighted by Gasteiger charge is -2.33. The normalized spacial score (nSPS) is 15.5. The summed E-state index contributed by atoms with van der Waals surface area (Å²) >= 11 is 1.81. The third-order valence-corrected chi connectivity index (χ3v) is 5.12. The highest BCUT2D eigenvalue weighted by atomic mass is 32.2. The number of ether oxygens (including phenoxy) is 2. The molecule has 0 radical (unpaired) electrons. The first-order chi connectivity index (χ1) is 12.3. The minimum absolute atomic E-state index is 0.227. The third kappa shape index (κ3) is 6.78. The molecular formula is C19H28N2O4S. The highest BCUT2D eigenvalue weighted by molar-refractivity contribution is 8.00. The van der Waals surface area contributed by atoms with Gasteiger partial charge in [0.15, 0.2) is 0 Å². The maximum Gasteiger partial charge on any atom is 0.411 e. The number of carbonyl (C=O) groups excluding carboxylic acids is 2. The van der Waals surface area contributed by atoms with Crippen LogP contribution in [0.2, 0.25) is 0 Å². The second-order valence-corrected chi connectivity index (χ2v) is 8.53. The van der Waals surface area contributed by atoms with E-state index < -0.39 is 11.7 Å². The van der Waals surface area contributed by atoms with E-state index in [2.05, 4.69) is 5.32 Å². The Morgan fingerprint density at radius 3 is 2.35 bits per heavy atom. The largest absolute Gasteiger partial charge is 0.450 e. The molecule has 6 nitrogen and oxygen atoms in total. The van der Waals surface area contributed by atoms with Crippen LogP contribution in [0.5, 0.6) is 0 Å². The number of rotatable bonds is 4. The van der Waals surface area contributed by atoms with Crippen molar-refractivity contribution in [3.05, 3.63) is 24.3 Å². The summed E-state index contributed by atoms with van der Waals surface area (Å²) in [6.07, 6.45) is 1.21. The molecule has 0 spiro atoms. The van der Waals surface area contributed by atoms with Crippen LogP contribution in [0.15, 0.2) is 29.2 Å². The van der Waals surface area contributed by atoms with Gasteiger partial charge >= 0.3 is 12.2 Å². The van der Waals surface area contributed by atoms with Gasteiger partial charge in [-0.05, 0) is 64.8 Å². The fourth-order valence-electron chi connectivity index (χ4n) is 2.58. The van der Waals surface area contributed by atoms with Crippen LogP contribution in [0, 0.1) is 0 Å². The summed E-state index contributed by atoms with van der Waals surface area (Å²) in [6.45, 7) is 9.20. The third-order valence-electron chi connectivity index (χ3n) is 3.77. The van der Waals surface area contributed by atoms with Gasteiger partial charge < -0.3 is 14.4 Å². The minimum atomic E-state index is -0.456. The molecule has 1 fully saturated rings. The topological polar surface area (TPSA) is 67.9 Å². The van der Waals surface area contributed by atoms with Crippen molar-refractivity contribution >= 4 is 29.6 Å². The van der Waals surface area contributed by atoms with Crippen molar-refractivity contribution in [1.29, 1.82) is 0 Å². The highest BCUT2D eigenvalue weighted by Crippen LogP contribution is 2.31. The van der Waals surface area contributed by atoms with Crippen molar-refractivity contribution in [2.24, 2.45) is 0 Å². The van der Waals surface area contributed by atoms with Gasteiger partial charge in [-0.2, -0.15) is 0 Å². The van der Waals surface area contributed by atoms with Gasteiger partial charge in [0, 0.05) is 28.9 Å². The molecule has 1 N–H and O–H groups in total. The maximum atomic E-state index is 12.1. The number of amides is 2. The number of carbonyl (C=O) groups is 2. The SMILES string of the molecule is CCOC(=O)Nc1ccc(SC2CCN(C(=O)OC(C)(C)C)CC2)cc1. The van der Waals surface area contributed by atoms with Crippen LogP contribution >= 0.6 is 11.8 Å². The van der Waals surface area contributed by atoms with Gasteiger partial charge in [0.2, 0.25) is 0 Å².